The van der Waals surface area contributed by atoms with Crippen molar-refractivity contribution in [3.05, 3.63) is 29.2 Å². The number of carbonyl (C=O) groups is 1. The van der Waals surface area contributed by atoms with Gasteiger partial charge in [-0.1, -0.05) is 0 Å². The molecule has 0 aliphatic rings. The van der Waals surface area contributed by atoms with E-state index in [-0.39, 0.29) is 12.4 Å². The number of aryl methyl sites for hydroxylation is 2. The van der Waals surface area contributed by atoms with Crippen LogP contribution in [0.25, 0.3) is 21.9 Å². The molecule has 0 radical (unpaired) electrons. The Labute approximate surface area is 114 Å². The number of carbonyl (C=O) groups excluding carboxylic acids is 1. The number of phenolic OH excluding ortho intramolecular Hbond substituents is 1. The van der Waals surface area contributed by atoms with Gasteiger partial charge >= 0.3 is 5.97 Å². The van der Waals surface area contributed by atoms with Crippen molar-refractivity contribution in [2.45, 2.75) is 20.8 Å². The molecule has 0 fully saturated rings. The van der Waals surface area contributed by atoms with E-state index in [1.54, 1.807) is 20.1 Å². The lowest BCUT2D eigenvalue weighted by molar-refractivity contribution is 0.0526. The number of hydrogen-bond acceptors (Lipinski definition) is 5. The van der Waals surface area contributed by atoms with Crippen LogP contribution in [0.5, 0.6) is 5.75 Å². The van der Waals surface area contributed by atoms with Gasteiger partial charge in [-0.3, -0.25) is 0 Å². The molecule has 0 unspecified atom stereocenters. The Morgan fingerprint density at radius 2 is 2.10 bits per heavy atom. The fourth-order valence-corrected chi connectivity index (χ4v) is 2.46. The molecule has 104 valence electrons. The summed E-state index contributed by atoms with van der Waals surface area (Å²) < 4.78 is 16.1. The van der Waals surface area contributed by atoms with Crippen LogP contribution in [0, 0.1) is 13.8 Å². The summed E-state index contributed by atoms with van der Waals surface area (Å²) in [6, 6.07) is 1.48. The third kappa shape index (κ3) is 1.59. The van der Waals surface area contributed by atoms with E-state index in [2.05, 4.69) is 0 Å². The maximum absolute atomic E-state index is 12.0. The highest BCUT2D eigenvalue weighted by molar-refractivity contribution is 6.14. The van der Waals surface area contributed by atoms with E-state index >= 15 is 0 Å². The second-order valence-corrected chi connectivity index (χ2v) is 4.65. The van der Waals surface area contributed by atoms with Gasteiger partial charge in [-0.15, -0.1) is 0 Å². The summed E-state index contributed by atoms with van der Waals surface area (Å²) in [5.74, 6) is -0.0125. The summed E-state index contributed by atoms with van der Waals surface area (Å²) in [5.41, 5.74) is 2.08. The first-order valence-electron chi connectivity index (χ1n) is 6.34. The van der Waals surface area contributed by atoms with Crippen LogP contribution in [-0.4, -0.2) is 17.7 Å². The summed E-state index contributed by atoms with van der Waals surface area (Å²) in [4.78, 5) is 12.0. The van der Waals surface area contributed by atoms with E-state index in [0.29, 0.717) is 33.3 Å². The van der Waals surface area contributed by atoms with Crippen molar-refractivity contribution < 1.29 is 23.5 Å². The number of furan rings is 2. The van der Waals surface area contributed by atoms with Crippen molar-refractivity contribution in [2.24, 2.45) is 0 Å². The molecule has 1 aromatic carbocycles. The number of benzene rings is 1. The van der Waals surface area contributed by atoms with Gasteiger partial charge in [0.2, 0.25) is 0 Å². The molecule has 0 spiro atoms. The van der Waals surface area contributed by atoms with Gasteiger partial charge in [0, 0.05) is 5.39 Å². The first kappa shape index (κ1) is 12.6. The minimum atomic E-state index is -0.455. The van der Waals surface area contributed by atoms with Crippen molar-refractivity contribution in [2.75, 3.05) is 6.61 Å². The van der Waals surface area contributed by atoms with Crippen LogP contribution in [0.3, 0.4) is 0 Å². The first-order valence-corrected chi connectivity index (χ1v) is 6.34. The molecule has 0 saturated carbocycles. The Balaban J connectivity index is 2.42. The second-order valence-electron chi connectivity index (χ2n) is 4.65. The van der Waals surface area contributed by atoms with Gasteiger partial charge in [-0.25, -0.2) is 4.79 Å². The van der Waals surface area contributed by atoms with Crippen LogP contribution in [0.1, 0.15) is 28.6 Å². The fraction of sp³-hybridized carbons (Fsp3) is 0.267. The topological polar surface area (TPSA) is 72.8 Å². The van der Waals surface area contributed by atoms with E-state index in [9.17, 15) is 9.90 Å². The number of phenols is 1. The normalized spacial score (nSPS) is 11.3. The molecule has 1 N–H and O–H groups in total. The summed E-state index contributed by atoms with van der Waals surface area (Å²) >= 11 is 0. The fourth-order valence-electron chi connectivity index (χ4n) is 2.46. The van der Waals surface area contributed by atoms with Crippen molar-refractivity contribution in [1.29, 1.82) is 0 Å². The lowest BCUT2D eigenvalue weighted by atomic mass is 10.1. The van der Waals surface area contributed by atoms with E-state index in [1.807, 2.05) is 6.92 Å². The Morgan fingerprint density at radius 3 is 2.80 bits per heavy atom. The summed E-state index contributed by atoms with van der Waals surface area (Å²) in [5, 5.41) is 11.3. The molecule has 5 nitrogen and oxygen atoms in total. The van der Waals surface area contributed by atoms with Crippen molar-refractivity contribution in [3.63, 3.8) is 0 Å². The van der Waals surface area contributed by atoms with E-state index < -0.39 is 5.97 Å². The third-order valence-corrected chi connectivity index (χ3v) is 3.32. The monoisotopic (exact) mass is 274 g/mol. The van der Waals surface area contributed by atoms with Gasteiger partial charge in [0.15, 0.2) is 11.3 Å². The van der Waals surface area contributed by atoms with E-state index in [1.165, 1.54) is 6.07 Å². The molecule has 0 atom stereocenters. The second kappa shape index (κ2) is 4.30. The smallest absolute Gasteiger partial charge is 0.342 e. The zero-order chi connectivity index (χ0) is 14.4. The SMILES string of the molecule is CCOC(=O)c1c(C)oc2c1cc(O)c1occ(C)c12. The standard InChI is InChI=1S/C15H14O5/c1-4-18-15(17)12-8(3)20-13-9(12)5-10(16)14-11(13)7(2)6-19-14/h5-6,16H,4H2,1-3H3. The van der Waals surface area contributed by atoms with Crippen molar-refractivity contribution in [1.82, 2.24) is 0 Å². The maximum Gasteiger partial charge on any atom is 0.342 e. The molecule has 5 heteroatoms. The lowest BCUT2D eigenvalue weighted by Gasteiger charge is -2.01. The highest BCUT2D eigenvalue weighted by Crippen LogP contribution is 2.39. The minimum absolute atomic E-state index is 0.0213. The molecule has 0 aliphatic heterocycles. The predicted octanol–water partition coefficient (Wildman–Crippen LogP) is 3.68. The van der Waals surface area contributed by atoms with Crippen molar-refractivity contribution in [3.8, 4) is 5.75 Å². The maximum atomic E-state index is 12.0. The molecule has 3 aromatic rings. The summed E-state index contributed by atoms with van der Waals surface area (Å²) in [6.07, 6.45) is 1.55. The highest BCUT2D eigenvalue weighted by Gasteiger charge is 2.24. The number of rotatable bonds is 2. The summed E-state index contributed by atoms with van der Waals surface area (Å²) in [7, 11) is 0. The van der Waals surface area contributed by atoms with Gasteiger partial charge in [0.25, 0.3) is 0 Å². The predicted molar refractivity (Wildman–Crippen MR) is 73.1 cm³/mol. The van der Waals surface area contributed by atoms with Crippen LogP contribution < -0.4 is 0 Å². The zero-order valence-corrected chi connectivity index (χ0v) is 11.4. The Kier molecular flexibility index (Phi) is 2.71. The van der Waals surface area contributed by atoms with Crippen LogP contribution in [0.2, 0.25) is 0 Å². The molecule has 2 heterocycles. The van der Waals surface area contributed by atoms with Gasteiger partial charge in [0.05, 0.1) is 18.3 Å². The van der Waals surface area contributed by atoms with Crippen molar-refractivity contribution >= 4 is 27.9 Å². The zero-order valence-electron chi connectivity index (χ0n) is 11.4. The number of esters is 1. The Bertz CT molecular complexity index is 822. The third-order valence-electron chi connectivity index (χ3n) is 3.32. The summed E-state index contributed by atoms with van der Waals surface area (Å²) in [6.45, 7) is 5.58. The quantitative estimate of drug-likeness (QED) is 0.722. The number of hydrogen-bond donors (Lipinski definition) is 1. The molecule has 20 heavy (non-hydrogen) atoms. The Hall–Kier alpha value is -2.43. The van der Waals surface area contributed by atoms with Gasteiger partial charge < -0.3 is 18.7 Å². The molecule has 0 amide bonds. The van der Waals surface area contributed by atoms with Crippen LogP contribution >= 0.6 is 0 Å². The molecule has 3 rings (SSSR count). The Morgan fingerprint density at radius 1 is 1.35 bits per heavy atom. The lowest BCUT2D eigenvalue weighted by Crippen LogP contribution is -2.05. The van der Waals surface area contributed by atoms with Crippen LogP contribution in [0.15, 0.2) is 21.2 Å². The van der Waals surface area contributed by atoms with Gasteiger partial charge in [-0.05, 0) is 32.4 Å². The first-order chi connectivity index (χ1) is 9.54. The molecule has 0 bridgehead atoms. The number of aromatic hydroxyl groups is 1. The van der Waals surface area contributed by atoms with E-state index in [0.717, 1.165) is 5.56 Å². The molecule has 0 aliphatic carbocycles. The van der Waals surface area contributed by atoms with Gasteiger partial charge in [0.1, 0.15) is 16.9 Å². The van der Waals surface area contributed by atoms with Crippen LogP contribution in [0.4, 0.5) is 0 Å². The molecule has 2 aromatic heterocycles. The average molecular weight is 274 g/mol. The van der Waals surface area contributed by atoms with Gasteiger partial charge in [-0.2, -0.15) is 0 Å². The molecular formula is C15H14O5. The van der Waals surface area contributed by atoms with E-state index in [4.69, 9.17) is 13.6 Å². The number of fused-ring (bicyclic) bond motifs is 3. The average Bonchev–Trinajstić information content (AvgIpc) is 2.91. The van der Waals surface area contributed by atoms with Crippen LogP contribution in [-0.2, 0) is 4.74 Å². The highest BCUT2D eigenvalue weighted by atomic mass is 16.5. The minimum Gasteiger partial charge on any atom is -0.504 e. The molecule has 0 saturated heterocycles. The molecular weight excluding hydrogens is 260 g/mol. The largest absolute Gasteiger partial charge is 0.504 e. The number of ether oxygens (including phenoxy) is 1.